The lowest BCUT2D eigenvalue weighted by atomic mass is 10.2. The minimum absolute atomic E-state index is 0.511. The fraction of sp³-hybridized carbons (Fsp3) is 0. The molecule has 0 bridgehead atoms. The van der Waals surface area contributed by atoms with Gasteiger partial charge in [0.1, 0.15) is 0 Å². The molecule has 0 saturated heterocycles. The highest BCUT2D eigenvalue weighted by atomic mass is 16.4. The van der Waals surface area contributed by atoms with Crippen molar-refractivity contribution in [2.24, 2.45) is 10.2 Å². The van der Waals surface area contributed by atoms with Gasteiger partial charge >= 0.3 is 11.9 Å². The van der Waals surface area contributed by atoms with Gasteiger partial charge in [-0.15, -0.1) is 0 Å². The van der Waals surface area contributed by atoms with E-state index in [2.05, 4.69) is 21.1 Å². The van der Waals surface area contributed by atoms with Crippen LogP contribution in [0.15, 0.2) is 70.9 Å². The average molecular weight is 326 g/mol. The Morgan fingerprint density at radius 3 is 1.29 bits per heavy atom. The van der Waals surface area contributed by atoms with Crippen molar-refractivity contribution >= 4 is 34.7 Å². The normalized spacial score (nSPS) is 11.7. The summed E-state index contributed by atoms with van der Waals surface area (Å²) < 4.78 is 0. The third kappa shape index (κ3) is 4.67. The lowest BCUT2D eigenvalue weighted by Crippen LogP contribution is -2.32. The van der Waals surface area contributed by atoms with Crippen LogP contribution in [0.2, 0.25) is 0 Å². The zero-order chi connectivity index (χ0) is 17.4. The second-order valence-electron chi connectivity index (χ2n) is 4.49. The van der Waals surface area contributed by atoms with Gasteiger partial charge in [-0.3, -0.25) is 10.9 Å². The third-order valence-corrected chi connectivity index (χ3v) is 2.77. The molecule has 0 saturated carbocycles. The maximum absolute atomic E-state index is 11.3. The highest BCUT2D eigenvalue weighted by Gasteiger charge is 2.24. The van der Waals surface area contributed by atoms with Crippen LogP contribution < -0.4 is 10.9 Å². The summed E-state index contributed by atoms with van der Waals surface area (Å²) in [6.07, 6.45) is 0. The second-order valence-corrected chi connectivity index (χ2v) is 4.49. The van der Waals surface area contributed by atoms with Crippen LogP contribution in [0, 0.1) is 0 Å². The fourth-order valence-electron chi connectivity index (χ4n) is 1.67. The van der Waals surface area contributed by atoms with Crippen molar-refractivity contribution in [3.8, 4) is 0 Å². The van der Waals surface area contributed by atoms with E-state index in [9.17, 15) is 19.8 Å². The molecule has 24 heavy (non-hydrogen) atoms. The van der Waals surface area contributed by atoms with Crippen molar-refractivity contribution in [1.29, 1.82) is 0 Å². The molecule has 2 aromatic rings. The Bertz CT molecular complexity index is 706. The van der Waals surface area contributed by atoms with Crippen molar-refractivity contribution in [3.05, 3.63) is 60.7 Å². The van der Waals surface area contributed by atoms with E-state index >= 15 is 0 Å². The Labute approximate surface area is 137 Å². The summed E-state index contributed by atoms with van der Waals surface area (Å²) in [6.45, 7) is 0. The van der Waals surface area contributed by atoms with Crippen LogP contribution in [0.4, 0.5) is 11.4 Å². The van der Waals surface area contributed by atoms with Gasteiger partial charge in [0.15, 0.2) is 0 Å². The molecular weight excluding hydrogens is 312 g/mol. The van der Waals surface area contributed by atoms with Crippen LogP contribution in [0.3, 0.4) is 0 Å². The van der Waals surface area contributed by atoms with Gasteiger partial charge in [-0.05, 0) is 24.3 Å². The van der Waals surface area contributed by atoms with E-state index in [0.29, 0.717) is 11.4 Å². The Hall–Kier alpha value is -3.68. The number of nitrogens with zero attached hydrogens (tertiary/aromatic N) is 2. The molecule has 2 aromatic carbocycles. The summed E-state index contributed by atoms with van der Waals surface area (Å²) in [6, 6.07) is 17.1. The van der Waals surface area contributed by atoms with Crippen molar-refractivity contribution in [2.75, 3.05) is 10.9 Å². The molecule has 0 aliphatic heterocycles. The third-order valence-electron chi connectivity index (χ3n) is 2.77. The molecule has 0 amide bonds. The molecule has 0 radical (unpaired) electrons. The first kappa shape index (κ1) is 16.7. The predicted octanol–water partition coefficient (Wildman–Crippen LogP) is 2.09. The summed E-state index contributed by atoms with van der Waals surface area (Å²) in [7, 11) is 0. The quantitative estimate of drug-likeness (QED) is 0.456. The molecule has 0 fully saturated rings. The smallest absolute Gasteiger partial charge is 0.358 e. The number of carbonyl (C=O) groups is 2. The zero-order valence-electron chi connectivity index (χ0n) is 12.4. The van der Waals surface area contributed by atoms with E-state index in [1.807, 2.05) is 0 Å². The molecule has 0 spiro atoms. The molecule has 0 aliphatic carbocycles. The molecule has 0 aliphatic rings. The number of rotatable bonds is 7. The van der Waals surface area contributed by atoms with Crippen LogP contribution in [0.5, 0.6) is 0 Å². The van der Waals surface area contributed by atoms with Gasteiger partial charge in [0, 0.05) is 0 Å². The van der Waals surface area contributed by atoms with E-state index in [1.165, 1.54) is 0 Å². The number of anilines is 2. The van der Waals surface area contributed by atoms with E-state index < -0.39 is 23.4 Å². The molecular formula is C16H14N4O4. The van der Waals surface area contributed by atoms with Crippen molar-refractivity contribution < 1.29 is 19.8 Å². The van der Waals surface area contributed by atoms with Crippen molar-refractivity contribution in [3.63, 3.8) is 0 Å². The summed E-state index contributed by atoms with van der Waals surface area (Å²) in [5.74, 6) is -3.04. The molecule has 4 N–H and O–H groups in total. The molecule has 2 rings (SSSR count). The van der Waals surface area contributed by atoms with Crippen LogP contribution in [0.1, 0.15) is 0 Å². The number of hydrogen-bond donors (Lipinski definition) is 4. The minimum atomic E-state index is -1.52. The van der Waals surface area contributed by atoms with E-state index in [4.69, 9.17) is 0 Å². The number of aliphatic carboxylic acids is 2. The lowest BCUT2D eigenvalue weighted by molar-refractivity contribution is -0.131. The number of nitrogens with one attached hydrogen (secondary N) is 2. The van der Waals surface area contributed by atoms with Gasteiger partial charge in [-0.1, -0.05) is 36.4 Å². The van der Waals surface area contributed by atoms with Crippen LogP contribution >= 0.6 is 0 Å². The summed E-state index contributed by atoms with van der Waals surface area (Å²) >= 11 is 0. The zero-order valence-corrected chi connectivity index (χ0v) is 12.4. The standard InChI is InChI=1S/C16H14N4O4/c21-15(22)13(19-17-11-7-3-1-4-8-11)14(16(23)24)20-18-12-9-5-2-6-10-12/h1-10,17-18H,(H,21,22)(H,23,24)/b19-13+,20-14?. The molecule has 8 nitrogen and oxygen atoms in total. The minimum Gasteiger partial charge on any atom is -0.476 e. The van der Waals surface area contributed by atoms with Crippen LogP contribution in [0.25, 0.3) is 0 Å². The summed E-state index contributed by atoms with van der Waals surface area (Å²) in [5.41, 5.74) is 4.56. The number of para-hydroxylation sites is 2. The van der Waals surface area contributed by atoms with Crippen LogP contribution in [-0.4, -0.2) is 33.6 Å². The highest BCUT2D eigenvalue weighted by Crippen LogP contribution is 2.06. The van der Waals surface area contributed by atoms with E-state index in [1.54, 1.807) is 60.7 Å². The molecule has 122 valence electrons. The van der Waals surface area contributed by atoms with Gasteiger partial charge in [-0.25, -0.2) is 9.59 Å². The first-order chi connectivity index (χ1) is 11.6. The van der Waals surface area contributed by atoms with Crippen molar-refractivity contribution in [1.82, 2.24) is 0 Å². The lowest BCUT2D eigenvalue weighted by Gasteiger charge is -2.05. The Kier molecular flexibility index (Phi) is 5.62. The van der Waals surface area contributed by atoms with Gasteiger partial charge in [0.2, 0.25) is 11.4 Å². The van der Waals surface area contributed by atoms with Crippen molar-refractivity contribution in [2.45, 2.75) is 0 Å². The molecule has 0 atom stereocenters. The summed E-state index contributed by atoms with van der Waals surface area (Å²) in [4.78, 5) is 22.7. The van der Waals surface area contributed by atoms with Gasteiger partial charge < -0.3 is 10.2 Å². The Morgan fingerprint density at radius 1 is 0.667 bits per heavy atom. The molecule has 8 heteroatoms. The summed E-state index contributed by atoms with van der Waals surface area (Å²) in [5, 5.41) is 25.7. The van der Waals surface area contributed by atoms with Gasteiger partial charge in [0.25, 0.3) is 0 Å². The topological polar surface area (TPSA) is 123 Å². The second kappa shape index (κ2) is 8.08. The highest BCUT2D eigenvalue weighted by molar-refractivity contribution is 6.79. The molecule has 0 unspecified atom stereocenters. The monoisotopic (exact) mass is 326 g/mol. The van der Waals surface area contributed by atoms with E-state index in [0.717, 1.165) is 0 Å². The van der Waals surface area contributed by atoms with Gasteiger partial charge in [0.05, 0.1) is 11.4 Å². The van der Waals surface area contributed by atoms with Gasteiger partial charge in [-0.2, -0.15) is 10.2 Å². The average Bonchev–Trinajstić information content (AvgIpc) is 2.59. The Balaban J connectivity index is 2.27. The number of carboxylic acid groups (broad SMARTS) is 2. The number of hydrazone groups is 2. The molecule has 0 heterocycles. The van der Waals surface area contributed by atoms with Crippen LogP contribution in [-0.2, 0) is 9.59 Å². The largest absolute Gasteiger partial charge is 0.476 e. The Morgan fingerprint density at radius 2 is 1.00 bits per heavy atom. The SMILES string of the molecule is O=C(O)C(=NNc1ccccc1)/C(=N\Nc1ccccc1)C(=O)O. The number of carboxylic acids is 2. The predicted molar refractivity (Wildman–Crippen MR) is 90.3 cm³/mol. The first-order valence-corrected chi connectivity index (χ1v) is 6.82. The van der Waals surface area contributed by atoms with E-state index in [-0.39, 0.29) is 0 Å². The first-order valence-electron chi connectivity index (χ1n) is 6.82. The molecule has 0 aromatic heterocycles. The maximum Gasteiger partial charge on any atom is 0.358 e. The maximum atomic E-state index is 11.3. The fourth-order valence-corrected chi connectivity index (χ4v) is 1.67. The number of benzene rings is 2. The number of hydrogen-bond acceptors (Lipinski definition) is 6.